The predicted octanol–water partition coefficient (Wildman–Crippen LogP) is 2.28. The van der Waals surface area contributed by atoms with Gasteiger partial charge in [0.15, 0.2) is 5.82 Å². The summed E-state index contributed by atoms with van der Waals surface area (Å²) in [4.78, 5) is 6.59. The van der Waals surface area contributed by atoms with E-state index in [0.29, 0.717) is 11.4 Å². The Hall–Kier alpha value is -1.90. The second-order valence-electron chi connectivity index (χ2n) is 3.26. The third kappa shape index (κ3) is 1.89. The highest BCUT2D eigenvalue weighted by molar-refractivity contribution is 7.15. The molecule has 0 aliphatic carbocycles. The van der Waals surface area contributed by atoms with E-state index >= 15 is 0 Å². The number of aryl methyl sites for hydroxylation is 1. The zero-order chi connectivity index (χ0) is 11.5. The Labute approximate surface area is 97.3 Å². The minimum atomic E-state index is 0.408. The lowest BCUT2D eigenvalue weighted by atomic mass is 10.2. The zero-order valence-electron chi connectivity index (χ0n) is 8.69. The fraction of sp³-hybridized carbons (Fsp3) is 0.0909. The van der Waals surface area contributed by atoms with Crippen molar-refractivity contribution in [2.24, 2.45) is 5.84 Å². The molecule has 2 aromatic heterocycles. The van der Waals surface area contributed by atoms with Gasteiger partial charge >= 0.3 is 0 Å². The fourth-order valence-electron chi connectivity index (χ4n) is 1.37. The van der Waals surface area contributed by atoms with E-state index in [1.54, 1.807) is 17.4 Å². The standard InChI is InChI=1S/C11H10N4S/c1-7-2-5-10(16-7)9-4-3-8(6-12)11(14-9)15-13/h2-5H,13H2,1H3,(H,14,15). The Kier molecular flexibility index (Phi) is 2.86. The Balaban J connectivity index is 2.48. The molecule has 0 fully saturated rings. The number of nitriles is 1. The van der Waals surface area contributed by atoms with Crippen molar-refractivity contribution in [3.8, 4) is 16.6 Å². The predicted molar refractivity (Wildman–Crippen MR) is 64.8 cm³/mol. The van der Waals surface area contributed by atoms with Crippen LogP contribution in [0.3, 0.4) is 0 Å². The van der Waals surface area contributed by atoms with Crippen molar-refractivity contribution in [3.63, 3.8) is 0 Å². The second kappa shape index (κ2) is 4.31. The molecule has 80 valence electrons. The summed E-state index contributed by atoms with van der Waals surface area (Å²) < 4.78 is 0. The number of thiophene rings is 1. The fourth-order valence-corrected chi connectivity index (χ4v) is 2.21. The average molecular weight is 230 g/mol. The molecule has 3 N–H and O–H groups in total. The minimum absolute atomic E-state index is 0.408. The first-order chi connectivity index (χ1) is 7.74. The third-order valence-electron chi connectivity index (χ3n) is 2.15. The highest BCUT2D eigenvalue weighted by atomic mass is 32.1. The molecule has 0 aliphatic rings. The summed E-state index contributed by atoms with van der Waals surface area (Å²) in [5.74, 6) is 5.73. The van der Waals surface area contributed by atoms with Crippen LogP contribution in [0.5, 0.6) is 0 Å². The number of rotatable bonds is 2. The quantitative estimate of drug-likeness (QED) is 0.613. The van der Waals surface area contributed by atoms with Gasteiger partial charge in [0.25, 0.3) is 0 Å². The summed E-state index contributed by atoms with van der Waals surface area (Å²) >= 11 is 1.66. The van der Waals surface area contributed by atoms with Crippen LogP contribution in [0.2, 0.25) is 0 Å². The Morgan fingerprint density at radius 3 is 2.75 bits per heavy atom. The van der Waals surface area contributed by atoms with Gasteiger partial charge in [0, 0.05) is 4.88 Å². The van der Waals surface area contributed by atoms with Crippen LogP contribution in [0.25, 0.3) is 10.6 Å². The second-order valence-corrected chi connectivity index (χ2v) is 4.55. The highest BCUT2D eigenvalue weighted by Gasteiger charge is 2.07. The molecule has 0 bridgehead atoms. The number of nitrogens with two attached hydrogens (primary N) is 1. The van der Waals surface area contributed by atoms with Crippen molar-refractivity contribution < 1.29 is 0 Å². The van der Waals surface area contributed by atoms with Crippen molar-refractivity contribution >= 4 is 17.2 Å². The molecule has 0 aliphatic heterocycles. The molecule has 4 nitrogen and oxygen atoms in total. The van der Waals surface area contributed by atoms with Crippen molar-refractivity contribution in [2.45, 2.75) is 6.92 Å². The third-order valence-corrected chi connectivity index (χ3v) is 3.17. The molecule has 2 aromatic rings. The number of nitrogens with zero attached hydrogens (tertiary/aromatic N) is 2. The molecule has 5 heteroatoms. The summed E-state index contributed by atoms with van der Waals surface area (Å²) in [7, 11) is 0. The van der Waals surface area contributed by atoms with E-state index < -0.39 is 0 Å². The summed E-state index contributed by atoms with van der Waals surface area (Å²) in [5, 5.41) is 8.83. The maximum atomic E-state index is 8.83. The lowest BCUT2D eigenvalue weighted by Gasteiger charge is -2.03. The Bertz CT molecular complexity index is 553. The van der Waals surface area contributed by atoms with Gasteiger partial charge in [-0.2, -0.15) is 5.26 Å². The van der Waals surface area contributed by atoms with Gasteiger partial charge in [-0.3, -0.25) is 0 Å². The van der Waals surface area contributed by atoms with E-state index in [1.807, 2.05) is 31.2 Å². The van der Waals surface area contributed by atoms with Crippen molar-refractivity contribution in [1.29, 1.82) is 5.26 Å². The van der Waals surface area contributed by atoms with Crippen LogP contribution in [0, 0.1) is 18.3 Å². The van der Waals surface area contributed by atoms with E-state index in [-0.39, 0.29) is 0 Å². The molecule has 0 unspecified atom stereocenters. The number of anilines is 1. The van der Waals surface area contributed by atoms with Crippen LogP contribution >= 0.6 is 11.3 Å². The zero-order valence-corrected chi connectivity index (χ0v) is 9.51. The van der Waals surface area contributed by atoms with Crippen LogP contribution in [0.1, 0.15) is 10.4 Å². The number of nitrogen functional groups attached to an aromatic ring is 1. The maximum absolute atomic E-state index is 8.83. The molecule has 0 spiro atoms. The smallest absolute Gasteiger partial charge is 0.158 e. The number of pyridine rings is 1. The van der Waals surface area contributed by atoms with E-state index in [4.69, 9.17) is 11.1 Å². The number of hydrogen-bond donors (Lipinski definition) is 2. The molecule has 2 heterocycles. The topological polar surface area (TPSA) is 74.7 Å². The molecule has 0 atom stereocenters. The number of hydrogen-bond acceptors (Lipinski definition) is 5. The van der Waals surface area contributed by atoms with Gasteiger partial charge in [-0.25, -0.2) is 10.8 Å². The minimum Gasteiger partial charge on any atom is -0.307 e. The first kappa shape index (κ1) is 10.6. The normalized spacial score (nSPS) is 9.81. The molecule has 0 radical (unpaired) electrons. The molecular weight excluding hydrogens is 220 g/mol. The van der Waals surface area contributed by atoms with Crippen LogP contribution in [-0.2, 0) is 0 Å². The monoisotopic (exact) mass is 230 g/mol. The van der Waals surface area contributed by atoms with Crippen molar-refractivity contribution in [2.75, 3.05) is 5.43 Å². The molecule has 0 saturated heterocycles. The van der Waals surface area contributed by atoms with Crippen LogP contribution in [0.15, 0.2) is 24.3 Å². The van der Waals surface area contributed by atoms with Crippen LogP contribution < -0.4 is 11.3 Å². The first-order valence-electron chi connectivity index (χ1n) is 4.69. The molecule has 0 amide bonds. The lowest BCUT2D eigenvalue weighted by Crippen LogP contribution is -2.10. The lowest BCUT2D eigenvalue weighted by molar-refractivity contribution is 1.22. The van der Waals surface area contributed by atoms with Crippen LogP contribution in [0.4, 0.5) is 5.82 Å². The van der Waals surface area contributed by atoms with E-state index in [2.05, 4.69) is 10.4 Å². The van der Waals surface area contributed by atoms with E-state index in [9.17, 15) is 0 Å². The summed E-state index contributed by atoms with van der Waals surface area (Å²) in [5.41, 5.74) is 3.70. The van der Waals surface area contributed by atoms with Gasteiger partial charge in [-0.05, 0) is 31.2 Å². The van der Waals surface area contributed by atoms with Gasteiger partial charge in [-0.15, -0.1) is 11.3 Å². The van der Waals surface area contributed by atoms with Crippen molar-refractivity contribution in [1.82, 2.24) is 4.98 Å². The molecule has 16 heavy (non-hydrogen) atoms. The van der Waals surface area contributed by atoms with Gasteiger partial charge < -0.3 is 5.43 Å². The molecule has 2 rings (SSSR count). The number of aromatic nitrogens is 1. The molecular formula is C11H10N4S. The van der Waals surface area contributed by atoms with Gasteiger partial charge in [-0.1, -0.05) is 0 Å². The van der Waals surface area contributed by atoms with Gasteiger partial charge in [0.1, 0.15) is 6.07 Å². The van der Waals surface area contributed by atoms with E-state index in [0.717, 1.165) is 10.6 Å². The number of nitrogens with one attached hydrogen (secondary N) is 1. The first-order valence-corrected chi connectivity index (χ1v) is 5.51. The SMILES string of the molecule is Cc1ccc(-c2ccc(C#N)c(NN)n2)s1. The average Bonchev–Trinajstić information content (AvgIpc) is 2.75. The number of hydrazine groups is 1. The summed E-state index contributed by atoms with van der Waals surface area (Å²) in [6.45, 7) is 2.04. The van der Waals surface area contributed by atoms with Crippen molar-refractivity contribution in [3.05, 3.63) is 34.7 Å². The van der Waals surface area contributed by atoms with Gasteiger partial charge in [0.2, 0.25) is 0 Å². The summed E-state index contributed by atoms with van der Waals surface area (Å²) in [6.07, 6.45) is 0. The largest absolute Gasteiger partial charge is 0.307 e. The van der Waals surface area contributed by atoms with Gasteiger partial charge in [0.05, 0.1) is 16.1 Å². The Morgan fingerprint density at radius 1 is 1.38 bits per heavy atom. The van der Waals surface area contributed by atoms with Crippen LogP contribution in [-0.4, -0.2) is 4.98 Å². The molecule has 0 aromatic carbocycles. The Morgan fingerprint density at radius 2 is 2.19 bits per heavy atom. The van der Waals surface area contributed by atoms with E-state index in [1.165, 1.54) is 4.88 Å². The molecule has 0 saturated carbocycles. The maximum Gasteiger partial charge on any atom is 0.158 e. The highest BCUT2D eigenvalue weighted by Crippen LogP contribution is 2.27. The summed E-state index contributed by atoms with van der Waals surface area (Å²) in [6, 6.07) is 9.61.